The van der Waals surface area contributed by atoms with E-state index in [0.29, 0.717) is 11.5 Å². The molecule has 0 aromatic heterocycles. The van der Waals surface area contributed by atoms with Crippen LogP contribution in [-0.2, 0) is 11.3 Å². The Morgan fingerprint density at radius 2 is 2.19 bits per heavy atom. The normalized spacial score (nSPS) is 19.6. The summed E-state index contributed by atoms with van der Waals surface area (Å²) in [5, 5.41) is 12.1. The van der Waals surface area contributed by atoms with E-state index in [-0.39, 0.29) is 0 Å². The van der Waals surface area contributed by atoms with Gasteiger partial charge in [0.15, 0.2) is 0 Å². The third-order valence-corrected chi connectivity index (χ3v) is 2.87. The molecule has 16 heavy (non-hydrogen) atoms. The Hall–Kier alpha value is -1.37. The quantitative estimate of drug-likeness (QED) is 0.833. The number of rotatable bonds is 4. The summed E-state index contributed by atoms with van der Waals surface area (Å²) in [6.07, 6.45) is 1.17. The van der Waals surface area contributed by atoms with Crippen molar-refractivity contribution < 1.29 is 4.74 Å². The topological polar surface area (TPSA) is 45.0 Å². The molecule has 1 aliphatic heterocycles. The summed E-state index contributed by atoms with van der Waals surface area (Å²) in [4.78, 5) is 0. The first kappa shape index (κ1) is 11.1. The summed E-state index contributed by atoms with van der Waals surface area (Å²) in [6.45, 7) is 3.67. The van der Waals surface area contributed by atoms with Gasteiger partial charge in [-0.15, -0.1) is 0 Å². The summed E-state index contributed by atoms with van der Waals surface area (Å²) >= 11 is 0. The Morgan fingerprint density at radius 1 is 1.38 bits per heavy atom. The van der Waals surface area contributed by atoms with E-state index in [1.165, 1.54) is 12.0 Å². The first-order chi connectivity index (χ1) is 7.88. The van der Waals surface area contributed by atoms with Crippen LogP contribution >= 0.6 is 0 Å². The van der Waals surface area contributed by atoms with Crippen LogP contribution in [0, 0.1) is 17.2 Å². The van der Waals surface area contributed by atoms with Crippen molar-refractivity contribution in [2.75, 3.05) is 19.8 Å². The van der Waals surface area contributed by atoms with Crippen LogP contribution in [0.4, 0.5) is 0 Å². The van der Waals surface area contributed by atoms with Gasteiger partial charge in [-0.05, 0) is 30.0 Å². The minimum Gasteiger partial charge on any atom is -0.381 e. The predicted octanol–water partition coefficient (Wildman–Crippen LogP) is 1.68. The zero-order valence-electron chi connectivity index (χ0n) is 9.28. The van der Waals surface area contributed by atoms with Crippen molar-refractivity contribution in [2.45, 2.75) is 13.0 Å². The Morgan fingerprint density at radius 3 is 2.81 bits per heavy atom. The van der Waals surface area contributed by atoms with Gasteiger partial charge in [-0.3, -0.25) is 0 Å². The highest BCUT2D eigenvalue weighted by atomic mass is 16.5. The van der Waals surface area contributed by atoms with Crippen molar-refractivity contribution in [1.82, 2.24) is 5.32 Å². The van der Waals surface area contributed by atoms with Gasteiger partial charge in [0, 0.05) is 19.7 Å². The summed E-state index contributed by atoms with van der Waals surface area (Å²) in [5.41, 5.74) is 1.94. The first-order valence-corrected chi connectivity index (χ1v) is 5.66. The Bertz CT molecular complexity index is 361. The fourth-order valence-electron chi connectivity index (χ4n) is 1.86. The second kappa shape index (κ2) is 5.64. The minimum absolute atomic E-state index is 0.665. The summed E-state index contributed by atoms with van der Waals surface area (Å²) < 4.78 is 5.31. The fraction of sp³-hybridized carbons (Fsp3) is 0.462. The Kier molecular flexibility index (Phi) is 3.92. The zero-order chi connectivity index (χ0) is 11.2. The summed E-state index contributed by atoms with van der Waals surface area (Å²) in [6, 6.07) is 9.83. The van der Waals surface area contributed by atoms with Crippen molar-refractivity contribution in [1.29, 1.82) is 5.26 Å². The first-order valence-electron chi connectivity index (χ1n) is 5.66. The van der Waals surface area contributed by atoms with Gasteiger partial charge >= 0.3 is 0 Å². The predicted molar refractivity (Wildman–Crippen MR) is 61.8 cm³/mol. The van der Waals surface area contributed by atoms with E-state index in [0.717, 1.165) is 26.3 Å². The second-order valence-electron chi connectivity index (χ2n) is 4.17. The molecule has 1 atom stereocenters. The molecule has 0 amide bonds. The summed E-state index contributed by atoms with van der Waals surface area (Å²) in [5.74, 6) is 0.665. The van der Waals surface area contributed by atoms with Crippen molar-refractivity contribution in [3.8, 4) is 6.07 Å². The maximum atomic E-state index is 8.67. The average molecular weight is 216 g/mol. The number of hydrogen-bond donors (Lipinski definition) is 1. The van der Waals surface area contributed by atoms with E-state index in [1.807, 2.05) is 24.3 Å². The number of ether oxygens (including phenoxy) is 1. The van der Waals surface area contributed by atoms with Gasteiger partial charge in [0.2, 0.25) is 0 Å². The van der Waals surface area contributed by atoms with Gasteiger partial charge in [-0.2, -0.15) is 5.26 Å². The smallest absolute Gasteiger partial charge is 0.0991 e. The lowest BCUT2D eigenvalue weighted by molar-refractivity contribution is 0.185. The molecule has 0 bridgehead atoms. The third-order valence-electron chi connectivity index (χ3n) is 2.87. The lowest BCUT2D eigenvalue weighted by Gasteiger charge is -2.09. The van der Waals surface area contributed by atoms with Crippen molar-refractivity contribution in [3.05, 3.63) is 35.4 Å². The molecule has 1 N–H and O–H groups in total. The van der Waals surface area contributed by atoms with E-state index in [1.54, 1.807) is 0 Å². The largest absolute Gasteiger partial charge is 0.381 e. The molecule has 0 radical (unpaired) electrons. The standard InChI is InChI=1S/C13H16N2O/c14-7-11-1-3-12(4-2-11)8-15-9-13-5-6-16-10-13/h1-4,13,15H,5-6,8-10H2. The molecule has 84 valence electrons. The lowest BCUT2D eigenvalue weighted by atomic mass is 10.1. The molecule has 1 heterocycles. The highest BCUT2D eigenvalue weighted by molar-refractivity contribution is 5.31. The van der Waals surface area contributed by atoms with Crippen molar-refractivity contribution >= 4 is 0 Å². The molecule has 1 aromatic carbocycles. The highest BCUT2D eigenvalue weighted by Gasteiger charge is 2.14. The number of benzene rings is 1. The van der Waals surface area contributed by atoms with E-state index in [4.69, 9.17) is 10.00 Å². The Balaban J connectivity index is 1.74. The number of nitrogens with zero attached hydrogens (tertiary/aromatic N) is 1. The maximum Gasteiger partial charge on any atom is 0.0991 e. The maximum absolute atomic E-state index is 8.67. The van der Waals surface area contributed by atoms with Gasteiger partial charge < -0.3 is 10.1 Å². The monoisotopic (exact) mass is 216 g/mol. The molecule has 2 rings (SSSR count). The molecule has 1 unspecified atom stereocenters. The minimum atomic E-state index is 0.665. The summed E-state index contributed by atoms with van der Waals surface area (Å²) in [7, 11) is 0. The van der Waals surface area contributed by atoms with Gasteiger partial charge in [-0.1, -0.05) is 12.1 Å². The molecular weight excluding hydrogens is 200 g/mol. The third kappa shape index (κ3) is 3.06. The van der Waals surface area contributed by atoms with Crippen LogP contribution in [0.2, 0.25) is 0 Å². The van der Waals surface area contributed by atoms with E-state index >= 15 is 0 Å². The average Bonchev–Trinajstić information content (AvgIpc) is 2.83. The van der Waals surface area contributed by atoms with Crippen LogP contribution in [0.25, 0.3) is 0 Å². The molecule has 1 saturated heterocycles. The molecule has 0 saturated carbocycles. The van der Waals surface area contributed by atoms with Crippen molar-refractivity contribution in [3.63, 3.8) is 0 Å². The van der Waals surface area contributed by atoms with Gasteiger partial charge in [0.05, 0.1) is 18.2 Å². The van der Waals surface area contributed by atoms with Crippen LogP contribution in [0.15, 0.2) is 24.3 Å². The second-order valence-corrected chi connectivity index (χ2v) is 4.17. The van der Waals surface area contributed by atoms with Gasteiger partial charge in [0.25, 0.3) is 0 Å². The molecule has 0 spiro atoms. The van der Waals surface area contributed by atoms with Gasteiger partial charge in [0.1, 0.15) is 0 Å². The van der Waals surface area contributed by atoms with Crippen molar-refractivity contribution in [2.24, 2.45) is 5.92 Å². The van der Waals surface area contributed by atoms with Crippen LogP contribution < -0.4 is 5.32 Å². The molecule has 1 fully saturated rings. The van der Waals surface area contributed by atoms with Crippen LogP contribution in [0.1, 0.15) is 17.5 Å². The SMILES string of the molecule is N#Cc1ccc(CNCC2CCOC2)cc1. The van der Waals surface area contributed by atoms with E-state index in [2.05, 4.69) is 11.4 Å². The van der Waals surface area contributed by atoms with E-state index < -0.39 is 0 Å². The molecule has 3 nitrogen and oxygen atoms in total. The lowest BCUT2D eigenvalue weighted by Crippen LogP contribution is -2.22. The highest BCUT2D eigenvalue weighted by Crippen LogP contribution is 2.11. The van der Waals surface area contributed by atoms with Crippen LogP contribution in [0.3, 0.4) is 0 Å². The van der Waals surface area contributed by atoms with Crippen LogP contribution in [0.5, 0.6) is 0 Å². The van der Waals surface area contributed by atoms with Crippen LogP contribution in [-0.4, -0.2) is 19.8 Å². The number of hydrogen-bond acceptors (Lipinski definition) is 3. The molecule has 0 aliphatic carbocycles. The van der Waals surface area contributed by atoms with E-state index in [9.17, 15) is 0 Å². The fourth-order valence-corrected chi connectivity index (χ4v) is 1.86. The molecule has 1 aromatic rings. The van der Waals surface area contributed by atoms with Gasteiger partial charge in [-0.25, -0.2) is 0 Å². The Labute approximate surface area is 96.0 Å². The molecular formula is C13H16N2O. The molecule has 3 heteroatoms. The zero-order valence-corrected chi connectivity index (χ0v) is 9.28. The molecule has 1 aliphatic rings. The number of nitrogens with one attached hydrogen (secondary N) is 1. The number of nitriles is 1.